The van der Waals surface area contributed by atoms with E-state index in [1.54, 1.807) is 4.90 Å². The first kappa shape index (κ1) is 32.1. The van der Waals surface area contributed by atoms with E-state index in [1.807, 2.05) is 0 Å². The molecule has 9 nitrogen and oxygen atoms in total. The Morgan fingerprint density at radius 1 is 1.00 bits per heavy atom. The molecule has 2 aliphatic rings. The van der Waals surface area contributed by atoms with E-state index >= 15 is 0 Å². The smallest absolute Gasteiger partial charge is 0.451 e. The molecule has 2 N–H and O–H groups in total. The number of rotatable bonds is 11. The Hall–Kier alpha value is -3.78. The summed E-state index contributed by atoms with van der Waals surface area (Å²) in [5, 5.41) is 11.5. The van der Waals surface area contributed by atoms with Crippen molar-refractivity contribution in [1.82, 2.24) is 15.3 Å². The number of anilines is 2. The first-order valence-electron chi connectivity index (χ1n) is 14.0. The van der Waals surface area contributed by atoms with Crippen molar-refractivity contribution in [2.24, 2.45) is 5.92 Å². The number of piperidine rings is 1. The molecule has 2 saturated heterocycles. The molecule has 0 bridgehead atoms. The van der Waals surface area contributed by atoms with E-state index in [0.717, 1.165) is 18.6 Å². The maximum Gasteiger partial charge on any atom is 0.451 e. The topological polar surface area (TPSA) is 108 Å². The van der Waals surface area contributed by atoms with Gasteiger partial charge in [-0.3, -0.25) is 9.59 Å². The van der Waals surface area contributed by atoms with Crippen LogP contribution < -0.4 is 19.9 Å². The van der Waals surface area contributed by atoms with Crippen LogP contribution in [0.25, 0.3) is 0 Å². The molecule has 1 atom stereocenters. The van der Waals surface area contributed by atoms with Gasteiger partial charge in [0.05, 0.1) is 12.7 Å². The third-order valence-corrected chi connectivity index (χ3v) is 7.82. The fourth-order valence-corrected chi connectivity index (χ4v) is 5.35. The van der Waals surface area contributed by atoms with E-state index in [1.165, 1.54) is 24.1 Å². The lowest BCUT2D eigenvalue weighted by molar-refractivity contribution is -0.145. The lowest BCUT2D eigenvalue weighted by Crippen LogP contribution is -2.57. The van der Waals surface area contributed by atoms with Crippen molar-refractivity contribution < 1.29 is 45.8 Å². The first-order chi connectivity index (χ1) is 20.3. The molecule has 2 fully saturated rings. The van der Waals surface area contributed by atoms with Crippen molar-refractivity contribution >= 4 is 23.5 Å². The number of amides is 1. The van der Waals surface area contributed by atoms with Crippen LogP contribution in [0.5, 0.6) is 5.75 Å². The number of hydrogen-bond acceptors (Lipinski definition) is 7. The fraction of sp³-hybridized carbons (Fsp3) is 0.571. The van der Waals surface area contributed by atoms with Crippen molar-refractivity contribution in [2.45, 2.75) is 63.3 Å². The van der Waals surface area contributed by atoms with Gasteiger partial charge >= 0.3 is 18.3 Å². The molecule has 1 amide bonds. The van der Waals surface area contributed by atoms with Crippen molar-refractivity contribution in [1.29, 1.82) is 0 Å². The van der Waals surface area contributed by atoms with Gasteiger partial charge in [-0.2, -0.15) is 26.3 Å². The second-order valence-electron chi connectivity index (χ2n) is 10.7. The Labute approximate surface area is 244 Å². The number of nitrogens with zero attached hydrogens (tertiary/aromatic N) is 4. The number of carbonyl (C=O) groups excluding carboxylic acids is 1. The molecular weight excluding hydrogens is 584 g/mol. The Bertz CT molecular complexity index is 1300. The van der Waals surface area contributed by atoms with Gasteiger partial charge < -0.3 is 25.0 Å². The summed E-state index contributed by atoms with van der Waals surface area (Å²) in [6.45, 7) is 1.31. The number of nitrogens with one attached hydrogen (secondary N) is 1. The number of ether oxygens (including phenoxy) is 1. The lowest BCUT2D eigenvalue weighted by Gasteiger charge is -2.41. The average molecular weight is 618 g/mol. The molecule has 1 aromatic carbocycles. The molecule has 15 heteroatoms. The maximum atomic E-state index is 13.7. The third kappa shape index (κ3) is 8.20. The first-order valence-corrected chi connectivity index (χ1v) is 14.0. The number of carboxylic acids is 1. The Morgan fingerprint density at radius 2 is 1.70 bits per heavy atom. The van der Waals surface area contributed by atoms with Crippen molar-refractivity contribution in [3.05, 3.63) is 41.2 Å². The Balaban J connectivity index is 1.39. The monoisotopic (exact) mass is 617 g/mol. The third-order valence-electron chi connectivity index (χ3n) is 7.82. The lowest BCUT2D eigenvalue weighted by atomic mass is 9.91. The van der Waals surface area contributed by atoms with Crippen molar-refractivity contribution in [3.63, 3.8) is 0 Å². The molecule has 0 spiro atoms. The van der Waals surface area contributed by atoms with E-state index in [0.29, 0.717) is 50.9 Å². The van der Waals surface area contributed by atoms with Crippen LogP contribution in [-0.4, -0.2) is 66.3 Å². The number of hydrogen-bond donors (Lipinski definition) is 2. The Morgan fingerprint density at radius 3 is 2.28 bits per heavy atom. The van der Waals surface area contributed by atoms with Gasteiger partial charge in [-0.15, -0.1) is 0 Å². The minimum absolute atomic E-state index is 0.0169. The average Bonchev–Trinajstić information content (AvgIpc) is 2.91. The molecule has 0 unspecified atom stereocenters. The summed E-state index contributed by atoms with van der Waals surface area (Å²) in [6, 6.07) is 3.78. The van der Waals surface area contributed by atoms with E-state index in [4.69, 9.17) is 9.84 Å². The highest BCUT2D eigenvalue weighted by atomic mass is 19.4. The summed E-state index contributed by atoms with van der Waals surface area (Å²) in [5.74, 6) is -2.18. The van der Waals surface area contributed by atoms with E-state index in [-0.39, 0.29) is 42.7 Å². The highest BCUT2D eigenvalue weighted by molar-refractivity contribution is 5.86. The zero-order valence-corrected chi connectivity index (χ0v) is 23.5. The second kappa shape index (κ2) is 13.2. The molecule has 2 aromatic rings. The van der Waals surface area contributed by atoms with Crippen LogP contribution in [0.1, 0.15) is 55.5 Å². The minimum atomic E-state index is -4.80. The Kier molecular flexibility index (Phi) is 9.90. The van der Waals surface area contributed by atoms with Gasteiger partial charge in [0, 0.05) is 38.7 Å². The summed E-state index contributed by atoms with van der Waals surface area (Å²) in [5.41, 5.74) is -0.396. The number of methoxy groups -OCH3 is 1. The van der Waals surface area contributed by atoms with E-state index in [2.05, 4.69) is 15.3 Å². The van der Waals surface area contributed by atoms with E-state index in [9.17, 15) is 35.9 Å². The second-order valence-corrected chi connectivity index (χ2v) is 10.7. The predicted molar refractivity (Wildman–Crippen MR) is 144 cm³/mol. The van der Waals surface area contributed by atoms with Gasteiger partial charge in [-0.1, -0.05) is 6.07 Å². The molecule has 2 aliphatic heterocycles. The molecule has 1 aromatic heterocycles. The molecular formula is C28H33F6N5O4. The SMILES string of the molecule is COc1cc(C(F)(F)F)ccc1CCNC(=O)[C@@H]1CCN1c1cc(N2CCC(CCCC(=O)O)CC2)nc(C(F)(F)F)n1. The van der Waals surface area contributed by atoms with Crippen molar-refractivity contribution in [2.75, 3.05) is 43.1 Å². The molecule has 3 heterocycles. The molecule has 43 heavy (non-hydrogen) atoms. The van der Waals surface area contributed by atoms with Gasteiger partial charge in [0.25, 0.3) is 0 Å². The van der Waals surface area contributed by atoms with Crippen LogP contribution in [0.2, 0.25) is 0 Å². The summed E-state index contributed by atoms with van der Waals surface area (Å²) < 4.78 is 85.3. The van der Waals surface area contributed by atoms with Crippen LogP contribution in [0.4, 0.5) is 38.0 Å². The highest BCUT2D eigenvalue weighted by Crippen LogP contribution is 2.35. The van der Waals surface area contributed by atoms with Gasteiger partial charge in [-0.25, -0.2) is 9.97 Å². The van der Waals surface area contributed by atoms with Crippen molar-refractivity contribution in [3.8, 4) is 5.75 Å². The molecule has 236 valence electrons. The van der Waals surface area contributed by atoms with Gasteiger partial charge in [0.15, 0.2) is 0 Å². The van der Waals surface area contributed by atoms with Gasteiger partial charge in [-0.05, 0) is 62.1 Å². The number of aliphatic carboxylic acids is 1. The van der Waals surface area contributed by atoms with Crippen LogP contribution in [0.3, 0.4) is 0 Å². The number of alkyl halides is 6. The van der Waals surface area contributed by atoms with E-state index < -0.39 is 41.7 Å². The largest absolute Gasteiger partial charge is 0.496 e. The number of aromatic nitrogens is 2. The number of halogens is 6. The number of carboxylic acid groups (broad SMARTS) is 1. The molecule has 0 radical (unpaired) electrons. The van der Waals surface area contributed by atoms with Crippen LogP contribution in [0, 0.1) is 5.92 Å². The van der Waals surface area contributed by atoms with Gasteiger partial charge in [0.2, 0.25) is 11.7 Å². The molecule has 0 saturated carbocycles. The summed E-state index contributed by atoms with van der Waals surface area (Å²) in [4.78, 5) is 34.4. The zero-order chi connectivity index (χ0) is 31.4. The van der Waals surface area contributed by atoms with Crippen LogP contribution in [0.15, 0.2) is 24.3 Å². The molecule has 4 rings (SSSR count). The highest BCUT2D eigenvalue weighted by Gasteiger charge is 2.40. The summed E-state index contributed by atoms with van der Waals surface area (Å²) in [7, 11) is 1.25. The van der Waals surface area contributed by atoms with Gasteiger partial charge in [0.1, 0.15) is 23.4 Å². The number of carbonyl (C=O) groups is 2. The summed E-state index contributed by atoms with van der Waals surface area (Å²) in [6.07, 6.45) is -6.01. The summed E-state index contributed by atoms with van der Waals surface area (Å²) >= 11 is 0. The normalized spacial score (nSPS) is 17.9. The fourth-order valence-electron chi connectivity index (χ4n) is 5.35. The standard InChI is InChI=1S/C28H33F6N5O4/c1-43-21-15-19(27(29,30)31)6-5-18(21)7-11-35-25(42)20-10-14-39(20)23-16-22(36-26(37-23)28(32,33)34)38-12-8-17(9-13-38)3-2-4-24(40)41/h5-6,15-17,20H,2-4,7-14H2,1H3,(H,35,42)(H,40,41)/t20-/m0/s1. The predicted octanol–water partition coefficient (Wildman–Crippen LogP) is 4.93. The van der Waals surface area contributed by atoms with Crippen LogP contribution in [-0.2, 0) is 28.4 Å². The molecule has 0 aliphatic carbocycles. The zero-order valence-electron chi connectivity index (χ0n) is 23.5. The minimum Gasteiger partial charge on any atom is -0.496 e. The quantitative estimate of drug-likeness (QED) is 0.342. The number of benzene rings is 1. The van der Waals surface area contributed by atoms with Crippen LogP contribution >= 0.6 is 0 Å². The maximum absolute atomic E-state index is 13.7.